The standard InChI is InChI=1S/C13H18N2O3S/c16-12(17)7-11(10-1-2-10)15-13(18)14-5-3-9-4-6-19-8-9/h4,6,8,10-11H,1-3,5,7H2,(H,16,17)(H2,14,15,18). The zero-order valence-corrected chi connectivity index (χ0v) is 11.4. The van der Waals surface area contributed by atoms with E-state index in [2.05, 4.69) is 16.0 Å². The second-order valence-corrected chi connectivity index (χ2v) is 5.60. The van der Waals surface area contributed by atoms with Gasteiger partial charge < -0.3 is 15.7 Å². The Morgan fingerprint density at radius 2 is 2.26 bits per heavy atom. The molecule has 0 aromatic carbocycles. The summed E-state index contributed by atoms with van der Waals surface area (Å²) >= 11 is 1.63. The molecule has 1 aliphatic rings. The molecule has 1 atom stereocenters. The highest BCUT2D eigenvalue weighted by molar-refractivity contribution is 7.07. The van der Waals surface area contributed by atoms with E-state index in [4.69, 9.17) is 5.11 Å². The summed E-state index contributed by atoms with van der Waals surface area (Å²) in [4.78, 5) is 22.4. The average Bonchev–Trinajstić information content (AvgIpc) is 3.07. The third-order valence-electron chi connectivity index (χ3n) is 3.18. The molecule has 0 saturated heterocycles. The number of aliphatic carboxylic acids is 1. The summed E-state index contributed by atoms with van der Waals surface area (Å²) in [5, 5.41) is 18.4. The fraction of sp³-hybridized carbons (Fsp3) is 0.538. The zero-order valence-electron chi connectivity index (χ0n) is 10.6. The van der Waals surface area contributed by atoms with Gasteiger partial charge in [-0.1, -0.05) is 0 Å². The van der Waals surface area contributed by atoms with E-state index >= 15 is 0 Å². The van der Waals surface area contributed by atoms with Gasteiger partial charge >= 0.3 is 12.0 Å². The molecule has 5 nitrogen and oxygen atoms in total. The van der Waals surface area contributed by atoms with Crippen LogP contribution in [0, 0.1) is 5.92 Å². The van der Waals surface area contributed by atoms with E-state index in [-0.39, 0.29) is 18.5 Å². The van der Waals surface area contributed by atoms with E-state index in [0.29, 0.717) is 12.5 Å². The van der Waals surface area contributed by atoms with Crippen molar-refractivity contribution in [2.24, 2.45) is 5.92 Å². The third-order valence-corrected chi connectivity index (χ3v) is 3.91. The minimum Gasteiger partial charge on any atom is -0.481 e. The molecule has 1 unspecified atom stereocenters. The topological polar surface area (TPSA) is 78.4 Å². The van der Waals surface area contributed by atoms with E-state index in [1.807, 2.05) is 11.4 Å². The van der Waals surface area contributed by atoms with Gasteiger partial charge in [0.05, 0.1) is 6.42 Å². The number of carboxylic acids is 1. The van der Waals surface area contributed by atoms with Crippen molar-refractivity contribution in [3.8, 4) is 0 Å². The second kappa shape index (κ2) is 6.56. The van der Waals surface area contributed by atoms with Gasteiger partial charge in [-0.25, -0.2) is 4.79 Å². The number of hydrogen-bond donors (Lipinski definition) is 3. The summed E-state index contributed by atoms with van der Waals surface area (Å²) < 4.78 is 0. The molecule has 2 amide bonds. The van der Waals surface area contributed by atoms with Gasteiger partial charge in [-0.15, -0.1) is 0 Å². The molecule has 104 valence electrons. The normalized spacial score (nSPS) is 15.8. The minimum atomic E-state index is -0.865. The Morgan fingerprint density at radius 1 is 1.47 bits per heavy atom. The van der Waals surface area contributed by atoms with Crippen molar-refractivity contribution in [1.29, 1.82) is 0 Å². The highest BCUT2D eigenvalue weighted by Crippen LogP contribution is 2.33. The van der Waals surface area contributed by atoms with Crippen LogP contribution in [0.3, 0.4) is 0 Å². The van der Waals surface area contributed by atoms with E-state index in [9.17, 15) is 9.59 Å². The summed E-state index contributed by atoms with van der Waals surface area (Å²) in [6.07, 6.45) is 2.81. The Hall–Kier alpha value is -1.56. The van der Waals surface area contributed by atoms with E-state index in [1.165, 1.54) is 5.56 Å². The lowest BCUT2D eigenvalue weighted by Gasteiger charge is -2.16. The summed E-state index contributed by atoms with van der Waals surface area (Å²) in [7, 11) is 0. The fourth-order valence-electron chi connectivity index (χ4n) is 2.00. The Kier molecular flexibility index (Phi) is 4.79. The molecule has 1 heterocycles. The van der Waals surface area contributed by atoms with Gasteiger partial charge in [0.1, 0.15) is 0 Å². The molecule has 0 radical (unpaired) electrons. The molecule has 19 heavy (non-hydrogen) atoms. The van der Waals surface area contributed by atoms with Crippen molar-refractivity contribution in [3.05, 3.63) is 22.4 Å². The van der Waals surface area contributed by atoms with Gasteiger partial charge in [0.25, 0.3) is 0 Å². The first-order valence-electron chi connectivity index (χ1n) is 6.42. The maximum absolute atomic E-state index is 11.7. The van der Waals surface area contributed by atoms with Crippen molar-refractivity contribution in [1.82, 2.24) is 10.6 Å². The number of carboxylic acid groups (broad SMARTS) is 1. The predicted molar refractivity (Wildman–Crippen MR) is 73.3 cm³/mol. The first kappa shape index (κ1) is 13.9. The Morgan fingerprint density at radius 3 is 2.84 bits per heavy atom. The second-order valence-electron chi connectivity index (χ2n) is 4.82. The fourth-order valence-corrected chi connectivity index (χ4v) is 2.70. The largest absolute Gasteiger partial charge is 0.481 e. The highest BCUT2D eigenvalue weighted by Gasteiger charge is 2.33. The van der Waals surface area contributed by atoms with Crippen LogP contribution in [0.1, 0.15) is 24.8 Å². The van der Waals surface area contributed by atoms with Gasteiger partial charge in [-0.3, -0.25) is 4.79 Å². The molecule has 2 rings (SSSR count). The molecule has 1 saturated carbocycles. The molecule has 1 aliphatic carbocycles. The monoisotopic (exact) mass is 282 g/mol. The van der Waals surface area contributed by atoms with Crippen LogP contribution < -0.4 is 10.6 Å². The van der Waals surface area contributed by atoms with Crippen LogP contribution in [0.5, 0.6) is 0 Å². The molecule has 0 aliphatic heterocycles. The number of amides is 2. The quantitative estimate of drug-likeness (QED) is 0.714. The number of carbonyl (C=O) groups is 2. The van der Waals surface area contributed by atoms with Gasteiger partial charge in [-0.2, -0.15) is 11.3 Å². The Labute approximate surface area is 116 Å². The van der Waals surface area contributed by atoms with Crippen LogP contribution in [-0.2, 0) is 11.2 Å². The lowest BCUT2D eigenvalue weighted by molar-refractivity contribution is -0.137. The number of rotatable bonds is 7. The SMILES string of the molecule is O=C(O)CC(NC(=O)NCCc1ccsc1)C1CC1. The van der Waals surface area contributed by atoms with Crippen molar-refractivity contribution in [2.75, 3.05) is 6.54 Å². The zero-order chi connectivity index (χ0) is 13.7. The van der Waals surface area contributed by atoms with Crippen molar-refractivity contribution in [2.45, 2.75) is 31.7 Å². The van der Waals surface area contributed by atoms with Crippen LogP contribution >= 0.6 is 11.3 Å². The summed E-state index contributed by atoms with van der Waals surface area (Å²) in [5.74, 6) is -0.533. The lowest BCUT2D eigenvalue weighted by atomic mass is 10.1. The number of thiophene rings is 1. The van der Waals surface area contributed by atoms with Crippen molar-refractivity contribution >= 4 is 23.3 Å². The Balaban J connectivity index is 1.68. The smallest absolute Gasteiger partial charge is 0.315 e. The lowest BCUT2D eigenvalue weighted by Crippen LogP contribution is -2.44. The van der Waals surface area contributed by atoms with Crippen LogP contribution in [0.15, 0.2) is 16.8 Å². The number of carbonyl (C=O) groups excluding carboxylic acids is 1. The number of hydrogen-bond acceptors (Lipinski definition) is 3. The molecule has 1 fully saturated rings. The van der Waals surface area contributed by atoms with E-state index in [0.717, 1.165) is 19.3 Å². The number of nitrogens with one attached hydrogen (secondary N) is 2. The van der Waals surface area contributed by atoms with E-state index < -0.39 is 5.97 Å². The van der Waals surface area contributed by atoms with Crippen LogP contribution in [-0.4, -0.2) is 29.7 Å². The summed E-state index contributed by atoms with van der Waals surface area (Å²) in [6, 6.07) is 1.52. The van der Waals surface area contributed by atoms with Gasteiger partial charge in [0, 0.05) is 12.6 Å². The predicted octanol–water partition coefficient (Wildman–Crippen LogP) is 1.84. The molecular weight excluding hydrogens is 264 g/mol. The Bertz CT molecular complexity index is 429. The van der Waals surface area contributed by atoms with E-state index in [1.54, 1.807) is 11.3 Å². The minimum absolute atomic E-state index is 0.00260. The summed E-state index contributed by atoms with van der Waals surface area (Å²) in [5.41, 5.74) is 1.20. The van der Waals surface area contributed by atoms with Crippen LogP contribution in [0.4, 0.5) is 4.79 Å². The average molecular weight is 282 g/mol. The summed E-state index contributed by atoms with van der Waals surface area (Å²) in [6.45, 7) is 0.563. The molecule has 0 bridgehead atoms. The van der Waals surface area contributed by atoms with Crippen molar-refractivity contribution < 1.29 is 14.7 Å². The van der Waals surface area contributed by atoms with Crippen LogP contribution in [0.25, 0.3) is 0 Å². The maximum Gasteiger partial charge on any atom is 0.315 e. The van der Waals surface area contributed by atoms with Gasteiger partial charge in [0.15, 0.2) is 0 Å². The molecule has 0 spiro atoms. The molecule has 6 heteroatoms. The number of urea groups is 1. The molecule has 3 N–H and O–H groups in total. The maximum atomic E-state index is 11.7. The first-order valence-corrected chi connectivity index (χ1v) is 7.36. The van der Waals surface area contributed by atoms with Crippen molar-refractivity contribution in [3.63, 3.8) is 0 Å². The highest BCUT2D eigenvalue weighted by atomic mass is 32.1. The molecular formula is C13H18N2O3S. The first-order chi connectivity index (χ1) is 9.15. The third kappa shape index (κ3) is 4.90. The molecule has 1 aromatic rings. The van der Waals surface area contributed by atoms with Crippen LogP contribution in [0.2, 0.25) is 0 Å². The van der Waals surface area contributed by atoms with Gasteiger partial charge in [-0.05, 0) is 47.6 Å². The molecule has 1 aromatic heterocycles. The van der Waals surface area contributed by atoms with Gasteiger partial charge in [0.2, 0.25) is 0 Å².